The first-order valence-electron chi connectivity index (χ1n) is 11.3. The summed E-state index contributed by atoms with van der Waals surface area (Å²) in [5.74, 6) is 3.70. The predicted molar refractivity (Wildman–Crippen MR) is 123 cm³/mol. The van der Waals surface area contributed by atoms with Gasteiger partial charge in [0.05, 0.1) is 0 Å². The molecule has 8 heteroatoms. The van der Waals surface area contributed by atoms with Crippen LogP contribution >= 0.6 is 11.5 Å². The smallest absolute Gasteiger partial charge is 0.205 e. The van der Waals surface area contributed by atoms with Crippen molar-refractivity contribution in [3.8, 4) is 0 Å². The number of guanidine groups is 1. The Morgan fingerprint density at radius 2 is 1.86 bits per heavy atom. The molecule has 3 heterocycles. The lowest BCUT2D eigenvalue weighted by molar-refractivity contribution is 0.139. The van der Waals surface area contributed by atoms with Crippen molar-refractivity contribution in [3.05, 3.63) is 5.82 Å². The molecule has 1 N–H and O–H groups in total. The zero-order valence-corrected chi connectivity index (χ0v) is 19.5. The highest BCUT2D eigenvalue weighted by Gasteiger charge is 2.23. The molecule has 2 atom stereocenters. The molecule has 0 aliphatic carbocycles. The number of nitrogens with one attached hydrogen (secondary N) is 1. The van der Waals surface area contributed by atoms with Crippen molar-refractivity contribution in [2.24, 2.45) is 16.8 Å². The molecule has 3 rings (SSSR count). The van der Waals surface area contributed by atoms with Gasteiger partial charge >= 0.3 is 0 Å². The van der Waals surface area contributed by atoms with E-state index in [0.29, 0.717) is 0 Å². The van der Waals surface area contributed by atoms with Crippen LogP contribution in [0.25, 0.3) is 0 Å². The van der Waals surface area contributed by atoms with Crippen LogP contribution in [0.1, 0.15) is 45.9 Å². The third kappa shape index (κ3) is 6.54. The monoisotopic (exact) mass is 421 g/mol. The van der Waals surface area contributed by atoms with Crippen molar-refractivity contribution in [1.82, 2.24) is 24.5 Å². The fraction of sp³-hybridized carbons (Fsp3) is 0.857. The number of piperidine rings is 1. The number of aromatic nitrogens is 2. The van der Waals surface area contributed by atoms with Crippen LogP contribution in [-0.4, -0.2) is 84.5 Å². The number of hydrogen-bond acceptors (Lipinski definition) is 6. The lowest BCUT2D eigenvalue weighted by Crippen LogP contribution is -2.52. The minimum Gasteiger partial charge on any atom is -0.356 e. The van der Waals surface area contributed by atoms with E-state index in [-0.39, 0.29) is 0 Å². The second kappa shape index (κ2) is 11.1. The number of likely N-dealkylation sites (tertiary alicyclic amines) is 1. The molecule has 164 valence electrons. The zero-order chi connectivity index (χ0) is 20.6. The number of piperazine rings is 1. The number of aliphatic imine (C=N–C) groups is 1. The molecule has 0 saturated carbocycles. The van der Waals surface area contributed by atoms with Crippen LogP contribution in [0.5, 0.6) is 0 Å². The van der Waals surface area contributed by atoms with Crippen molar-refractivity contribution in [1.29, 1.82) is 0 Å². The lowest BCUT2D eigenvalue weighted by Gasteiger charge is -2.36. The van der Waals surface area contributed by atoms with E-state index in [0.717, 1.165) is 67.9 Å². The van der Waals surface area contributed by atoms with E-state index in [1.54, 1.807) is 0 Å². The summed E-state index contributed by atoms with van der Waals surface area (Å²) >= 11 is 1.52. The van der Waals surface area contributed by atoms with E-state index in [1.807, 2.05) is 7.05 Å². The van der Waals surface area contributed by atoms with Gasteiger partial charge in [-0.25, -0.2) is 4.98 Å². The molecular formula is C21H39N7S. The summed E-state index contributed by atoms with van der Waals surface area (Å²) in [6.45, 7) is 15.6. The summed E-state index contributed by atoms with van der Waals surface area (Å²) in [5.41, 5.74) is 0. The standard InChI is InChI=1S/C21H39N7S/c1-5-19-24-21(29-25-19)28-12-10-27(11-13-28)20(22-4)23-8-6-7-9-26-15-17(2)14-18(3)16-26/h17-18H,5-16H2,1-4H3,(H,22,23). The van der Waals surface area contributed by atoms with Crippen molar-refractivity contribution >= 4 is 22.6 Å². The number of hydrogen-bond donors (Lipinski definition) is 1. The molecule has 2 saturated heterocycles. The molecule has 0 radical (unpaired) electrons. The Labute approximate surface area is 180 Å². The molecule has 0 spiro atoms. The van der Waals surface area contributed by atoms with Crippen LogP contribution in [0.2, 0.25) is 0 Å². The molecule has 2 unspecified atom stereocenters. The van der Waals surface area contributed by atoms with E-state index in [9.17, 15) is 0 Å². The number of aryl methyl sites for hydroxylation is 1. The topological polar surface area (TPSA) is 59.9 Å². The van der Waals surface area contributed by atoms with Crippen molar-refractivity contribution in [3.63, 3.8) is 0 Å². The first-order chi connectivity index (χ1) is 14.1. The van der Waals surface area contributed by atoms with Gasteiger partial charge in [-0.3, -0.25) is 4.99 Å². The van der Waals surface area contributed by atoms with E-state index in [1.165, 1.54) is 50.4 Å². The Morgan fingerprint density at radius 1 is 1.14 bits per heavy atom. The van der Waals surface area contributed by atoms with Crippen LogP contribution in [0.15, 0.2) is 4.99 Å². The van der Waals surface area contributed by atoms with Gasteiger partial charge in [0.25, 0.3) is 0 Å². The quantitative estimate of drug-likeness (QED) is 0.415. The van der Waals surface area contributed by atoms with E-state index in [4.69, 9.17) is 0 Å². The molecular weight excluding hydrogens is 382 g/mol. The predicted octanol–water partition coefficient (Wildman–Crippen LogP) is 2.56. The molecule has 2 aliphatic rings. The Morgan fingerprint density at radius 3 is 2.48 bits per heavy atom. The van der Waals surface area contributed by atoms with E-state index >= 15 is 0 Å². The highest BCUT2D eigenvalue weighted by atomic mass is 32.1. The van der Waals surface area contributed by atoms with Crippen LogP contribution in [0.4, 0.5) is 5.13 Å². The maximum atomic E-state index is 4.63. The van der Waals surface area contributed by atoms with Crippen molar-refractivity contribution < 1.29 is 0 Å². The van der Waals surface area contributed by atoms with Crippen LogP contribution in [0.3, 0.4) is 0 Å². The fourth-order valence-corrected chi connectivity index (χ4v) is 5.40. The van der Waals surface area contributed by atoms with Crippen LogP contribution in [-0.2, 0) is 6.42 Å². The summed E-state index contributed by atoms with van der Waals surface area (Å²) in [6, 6.07) is 0. The fourth-order valence-electron chi connectivity index (χ4n) is 4.59. The summed E-state index contributed by atoms with van der Waals surface area (Å²) in [7, 11) is 1.89. The van der Waals surface area contributed by atoms with Gasteiger partial charge in [-0.05, 0) is 37.6 Å². The Kier molecular flexibility index (Phi) is 8.53. The largest absolute Gasteiger partial charge is 0.356 e. The molecule has 0 amide bonds. The average molecular weight is 422 g/mol. The number of rotatable bonds is 7. The normalized spacial score (nSPS) is 24.2. The van der Waals surface area contributed by atoms with Crippen LogP contribution < -0.4 is 10.2 Å². The molecule has 0 aromatic carbocycles. The van der Waals surface area contributed by atoms with Crippen LogP contribution in [0, 0.1) is 11.8 Å². The van der Waals surface area contributed by atoms with Gasteiger partial charge in [0, 0.05) is 70.8 Å². The molecule has 2 fully saturated rings. The summed E-state index contributed by atoms with van der Waals surface area (Å²) < 4.78 is 4.42. The molecule has 1 aromatic heterocycles. The summed E-state index contributed by atoms with van der Waals surface area (Å²) in [4.78, 5) is 16.5. The van der Waals surface area contributed by atoms with E-state index in [2.05, 4.69) is 55.1 Å². The second-order valence-corrected chi connectivity index (χ2v) is 9.44. The maximum Gasteiger partial charge on any atom is 0.205 e. The Balaban J connectivity index is 1.33. The van der Waals surface area contributed by atoms with E-state index < -0.39 is 0 Å². The molecule has 1 aromatic rings. The maximum absolute atomic E-state index is 4.63. The lowest BCUT2D eigenvalue weighted by atomic mass is 9.92. The Bertz CT molecular complexity index is 629. The first-order valence-corrected chi connectivity index (χ1v) is 12.1. The SMILES string of the molecule is CCc1nsc(N2CCN(C(=NC)NCCCCN3CC(C)CC(C)C3)CC2)n1. The molecule has 2 aliphatic heterocycles. The van der Waals surface area contributed by atoms with Gasteiger partial charge in [0.1, 0.15) is 5.82 Å². The second-order valence-electron chi connectivity index (χ2n) is 8.71. The third-order valence-corrected chi connectivity index (χ3v) is 6.78. The molecule has 7 nitrogen and oxygen atoms in total. The summed E-state index contributed by atoms with van der Waals surface area (Å²) in [5, 5.41) is 4.64. The molecule has 29 heavy (non-hydrogen) atoms. The number of unbranched alkanes of at least 4 members (excludes halogenated alkanes) is 1. The highest BCUT2D eigenvalue weighted by molar-refractivity contribution is 7.09. The number of nitrogens with zero attached hydrogens (tertiary/aromatic N) is 6. The van der Waals surface area contributed by atoms with Gasteiger partial charge in [0.2, 0.25) is 5.13 Å². The minimum absolute atomic E-state index is 0.850. The van der Waals surface area contributed by atoms with Crippen molar-refractivity contribution in [2.75, 3.05) is 64.3 Å². The zero-order valence-electron chi connectivity index (χ0n) is 18.7. The average Bonchev–Trinajstić information content (AvgIpc) is 3.19. The van der Waals surface area contributed by atoms with Gasteiger partial charge in [0.15, 0.2) is 5.96 Å². The van der Waals surface area contributed by atoms with Gasteiger partial charge < -0.3 is 20.0 Å². The number of anilines is 1. The first kappa shape index (κ1) is 22.3. The minimum atomic E-state index is 0.850. The Hall–Kier alpha value is -1.41. The van der Waals surface area contributed by atoms with Gasteiger partial charge in [-0.2, -0.15) is 4.37 Å². The summed E-state index contributed by atoms with van der Waals surface area (Å²) in [6.07, 6.45) is 4.75. The van der Waals surface area contributed by atoms with Gasteiger partial charge in [-0.15, -0.1) is 0 Å². The van der Waals surface area contributed by atoms with Gasteiger partial charge in [-0.1, -0.05) is 20.8 Å². The van der Waals surface area contributed by atoms with Crippen molar-refractivity contribution in [2.45, 2.75) is 46.5 Å². The third-order valence-electron chi connectivity index (χ3n) is 5.96. The highest BCUT2D eigenvalue weighted by Crippen LogP contribution is 2.21. The molecule has 0 bridgehead atoms.